The molecule has 0 amide bonds. The zero-order chi connectivity index (χ0) is 20.7. The van der Waals surface area contributed by atoms with Crippen LogP contribution in [0.3, 0.4) is 0 Å². The average Bonchev–Trinajstić information content (AvgIpc) is 3.37. The Bertz CT molecular complexity index is 1470. The van der Waals surface area contributed by atoms with Crippen molar-refractivity contribution in [1.82, 2.24) is 29.5 Å². The molecule has 3 N–H and O–H groups in total. The molecule has 3 aromatic heterocycles. The van der Waals surface area contributed by atoms with Crippen molar-refractivity contribution in [3.05, 3.63) is 63.0 Å². The molecule has 1 aliphatic carbocycles. The van der Waals surface area contributed by atoms with Crippen molar-refractivity contribution >= 4 is 11.7 Å². The highest BCUT2D eigenvalue weighted by Crippen LogP contribution is 2.22. The highest BCUT2D eigenvalue weighted by molar-refractivity contribution is 5.56. The molecule has 11 nitrogen and oxygen atoms in total. The molecule has 4 aromatic rings. The summed E-state index contributed by atoms with van der Waals surface area (Å²) < 4.78 is 7.25. The zero-order valence-electron chi connectivity index (χ0n) is 15.4. The van der Waals surface area contributed by atoms with Crippen molar-refractivity contribution in [1.29, 1.82) is 5.26 Å². The molecule has 0 saturated heterocycles. The predicted octanol–water partition coefficient (Wildman–Crippen LogP) is 0.121. The summed E-state index contributed by atoms with van der Waals surface area (Å²) in [6.45, 7) is 0. The molecule has 30 heavy (non-hydrogen) atoms. The highest BCUT2D eigenvalue weighted by atomic mass is 16.5. The molecule has 0 spiro atoms. The first-order valence-electron chi connectivity index (χ1n) is 9.10. The molecule has 1 fully saturated rings. The van der Waals surface area contributed by atoms with E-state index < -0.39 is 5.69 Å². The lowest BCUT2D eigenvalue weighted by molar-refractivity contribution is 0.435. The van der Waals surface area contributed by atoms with Crippen molar-refractivity contribution in [3.63, 3.8) is 0 Å². The van der Waals surface area contributed by atoms with Gasteiger partial charge in [0.05, 0.1) is 23.9 Å². The summed E-state index contributed by atoms with van der Waals surface area (Å²) in [7, 11) is 0. The molecular weight excluding hydrogens is 388 g/mol. The quantitative estimate of drug-likeness (QED) is 0.437. The van der Waals surface area contributed by atoms with Crippen LogP contribution in [-0.4, -0.2) is 40.7 Å². The molecule has 3 heterocycles. The summed E-state index contributed by atoms with van der Waals surface area (Å²) in [6.07, 6.45) is 5.03. The van der Waals surface area contributed by atoms with Gasteiger partial charge < -0.3 is 14.8 Å². The van der Waals surface area contributed by atoms with Gasteiger partial charge >= 0.3 is 11.7 Å². The van der Waals surface area contributed by atoms with Crippen LogP contribution in [0.1, 0.15) is 24.1 Å². The number of hydrogen-bond acceptors (Lipinski definition) is 8. The zero-order valence-corrected chi connectivity index (χ0v) is 15.4. The van der Waals surface area contributed by atoms with Crippen molar-refractivity contribution in [2.45, 2.75) is 18.9 Å². The van der Waals surface area contributed by atoms with Crippen LogP contribution in [0.2, 0.25) is 0 Å². The largest absolute Gasteiger partial charge is 0.493 e. The van der Waals surface area contributed by atoms with Crippen LogP contribution in [0, 0.1) is 11.3 Å². The molecule has 1 aliphatic rings. The van der Waals surface area contributed by atoms with Crippen molar-refractivity contribution in [3.8, 4) is 23.7 Å². The third-order valence-electron chi connectivity index (χ3n) is 4.43. The van der Waals surface area contributed by atoms with E-state index in [2.05, 4.69) is 30.0 Å². The lowest BCUT2D eigenvalue weighted by Gasteiger charge is -2.04. The molecule has 1 aromatic carbocycles. The smallest absolute Gasteiger partial charge is 0.327 e. The lowest BCUT2D eigenvalue weighted by atomic mass is 10.2. The molecule has 0 radical (unpaired) electrons. The maximum atomic E-state index is 11.4. The molecule has 0 unspecified atom stereocenters. The molecule has 5 rings (SSSR count). The number of nitrogens with zero attached hydrogens (tertiary/aromatic N) is 6. The first-order chi connectivity index (χ1) is 14.6. The van der Waals surface area contributed by atoms with Gasteiger partial charge in [0.1, 0.15) is 11.4 Å². The van der Waals surface area contributed by atoms with Crippen LogP contribution in [0.4, 0.5) is 0 Å². The molecule has 0 atom stereocenters. The Kier molecular flexibility index (Phi) is 4.03. The molecule has 148 valence electrons. The summed E-state index contributed by atoms with van der Waals surface area (Å²) >= 11 is 0. The summed E-state index contributed by atoms with van der Waals surface area (Å²) in [5, 5.41) is 23.6. The van der Waals surface area contributed by atoms with Crippen molar-refractivity contribution < 1.29 is 9.84 Å². The fourth-order valence-corrected chi connectivity index (χ4v) is 2.81. The predicted molar refractivity (Wildman–Crippen MR) is 102 cm³/mol. The van der Waals surface area contributed by atoms with Crippen LogP contribution in [-0.2, 0) is 0 Å². The number of rotatable bonds is 4. The van der Waals surface area contributed by atoms with E-state index in [1.807, 2.05) is 6.07 Å². The van der Waals surface area contributed by atoms with Crippen molar-refractivity contribution in [2.24, 2.45) is 4.99 Å². The minimum atomic E-state index is -0.529. The van der Waals surface area contributed by atoms with Crippen molar-refractivity contribution in [2.75, 3.05) is 0 Å². The van der Waals surface area contributed by atoms with Gasteiger partial charge in [0.25, 0.3) is 5.62 Å². The van der Waals surface area contributed by atoms with E-state index in [0.717, 1.165) is 12.8 Å². The van der Waals surface area contributed by atoms with E-state index in [4.69, 9.17) is 10.00 Å². The number of nitrogens with one attached hydrogen (secondary N) is 2. The van der Waals surface area contributed by atoms with Crippen LogP contribution >= 0.6 is 0 Å². The normalized spacial score (nSPS) is 14.9. The number of aromatic amines is 2. The van der Waals surface area contributed by atoms with E-state index in [1.165, 1.54) is 16.8 Å². The lowest BCUT2D eigenvalue weighted by Crippen LogP contribution is -2.23. The fraction of sp³-hybridized carbons (Fsp3) is 0.158. The topological polar surface area (TPSA) is 157 Å². The van der Waals surface area contributed by atoms with E-state index >= 15 is 0 Å². The minimum Gasteiger partial charge on any atom is -0.493 e. The van der Waals surface area contributed by atoms with Gasteiger partial charge in [-0.05, 0) is 43.2 Å². The van der Waals surface area contributed by atoms with Gasteiger partial charge in [-0.25, -0.2) is 9.79 Å². The molecule has 0 aliphatic heterocycles. The van der Waals surface area contributed by atoms with E-state index in [9.17, 15) is 9.90 Å². The summed E-state index contributed by atoms with van der Waals surface area (Å²) in [4.78, 5) is 29.5. The minimum absolute atomic E-state index is 0.0635. The average molecular weight is 402 g/mol. The molecular formula is C19H14N8O3. The Balaban J connectivity index is 1.65. The maximum absolute atomic E-state index is 11.4. The third kappa shape index (κ3) is 3.37. The van der Waals surface area contributed by atoms with Crippen LogP contribution in [0.5, 0.6) is 17.6 Å². The second-order valence-corrected chi connectivity index (χ2v) is 6.73. The van der Waals surface area contributed by atoms with Gasteiger partial charge in [0.2, 0.25) is 5.88 Å². The first kappa shape index (κ1) is 17.6. The van der Waals surface area contributed by atoms with Gasteiger partial charge in [0, 0.05) is 5.22 Å². The standard InChI is InChI=1S/C19H14N8O3/c20-8-10-1-5-13(6-2-10)30-19-24-15-11(7-14-16(28)25-18(29)23-14)9-21-27(15)17(26-19)22-12-3-4-12/h1-2,5-7,9,12,28H,3-4H2,(H2,23,25,29)/b11-7+,22-17?. The van der Waals surface area contributed by atoms with E-state index in [1.54, 1.807) is 24.3 Å². The summed E-state index contributed by atoms with van der Waals surface area (Å²) in [5.74, 6) is 0.179. The number of benzene rings is 1. The van der Waals surface area contributed by atoms with Gasteiger partial charge in [-0.2, -0.15) is 24.8 Å². The van der Waals surface area contributed by atoms with Gasteiger partial charge in [-0.3, -0.25) is 4.98 Å². The Hall–Kier alpha value is -4.46. The number of hydrogen-bond donors (Lipinski definition) is 3. The molecule has 0 bridgehead atoms. The van der Waals surface area contributed by atoms with Gasteiger partial charge in [-0.1, -0.05) is 0 Å². The molecule has 11 heteroatoms. The fourth-order valence-electron chi connectivity index (χ4n) is 2.81. The number of H-pyrrole nitrogens is 2. The SMILES string of the molecule is N#Cc1ccc(Oc2nc(=NC3CC3)n3nc/c(=C\c4[nH]c(=O)[nH]c4O)c3n2)cc1. The Labute approximate surface area is 167 Å². The number of nitriles is 1. The highest BCUT2D eigenvalue weighted by Gasteiger charge is 2.21. The summed E-state index contributed by atoms with van der Waals surface area (Å²) in [5.41, 5.74) is 0.922. The van der Waals surface area contributed by atoms with Gasteiger partial charge in [-0.15, -0.1) is 0 Å². The molecule has 1 saturated carbocycles. The number of aromatic hydroxyl groups is 1. The van der Waals surface area contributed by atoms with Crippen LogP contribution in [0.15, 0.2) is 40.2 Å². The number of imidazole rings is 1. The third-order valence-corrected chi connectivity index (χ3v) is 4.43. The Morgan fingerprint density at radius 3 is 2.73 bits per heavy atom. The number of aromatic nitrogens is 6. The second-order valence-electron chi connectivity index (χ2n) is 6.73. The first-order valence-corrected chi connectivity index (χ1v) is 9.10. The second kappa shape index (κ2) is 6.85. The van der Waals surface area contributed by atoms with E-state index in [-0.39, 0.29) is 23.6 Å². The monoisotopic (exact) mass is 402 g/mol. The number of fused-ring (bicyclic) bond motifs is 1. The van der Waals surface area contributed by atoms with Crippen LogP contribution < -0.4 is 21.3 Å². The summed E-state index contributed by atoms with van der Waals surface area (Å²) in [6, 6.07) is 8.86. The van der Waals surface area contributed by atoms with Crippen LogP contribution in [0.25, 0.3) is 11.7 Å². The Morgan fingerprint density at radius 1 is 1.27 bits per heavy atom. The van der Waals surface area contributed by atoms with E-state index in [0.29, 0.717) is 27.8 Å². The van der Waals surface area contributed by atoms with Gasteiger partial charge in [0.15, 0.2) is 5.65 Å². The maximum Gasteiger partial charge on any atom is 0.327 e. The Morgan fingerprint density at radius 2 is 2.07 bits per heavy atom. The number of ether oxygens (including phenoxy) is 1.